The molecule has 1 radical (unpaired) electrons. The summed E-state index contributed by atoms with van der Waals surface area (Å²) in [7, 11) is 1.44. The van der Waals surface area contributed by atoms with Crippen LogP contribution in [0, 0.1) is 13.8 Å². The van der Waals surface area contributed by atoms with Gasteiger partial charge in [-0.3, -0.25) is 0 Å². The molecule has 0 unspecified atom stereocenters. The Hall–Kier alpha value is -2.18. The molecule has 0 saturated carbocycles. The molecule has 0 aliphatic rings. The number of benzene rings is 2. The van der Waals surface area contributed by atoms with Gasteiger partial charge in [0.2, 0.25) is 0 Å². The summed E-state index contributed by atoms with van der Waals surface area (Å²) in [5, 5.41) is 3.79. The molecule has 0 spiro atoms. The van der Waals surface area contributed by atoms with Crippen molar-refractivity contribution in [3.05, 3.63) is 78.2 Å². The molecule has 0 N–H and O–H groups in total. The molecule has 6 heteroatoms. The molecule has 5 nitrogen and oxygen atoms in total. The Morgan fingerprint density at radius 3 is 2.44 bits per heavy atom. The average molecular weight is 433 g/mol. The van der Waals surface area contributed by atoms with Crippen molar-refractivity contribution in [2.24, 2.45) is 5.16 Å². The highest BCUT2D eigenvalue weighted by molar-refractivity contribution is 9.09. The minimum absolute atomic E-state index is 0.333. The zero-order chi connectivity index (χ0) is 19.6. The lowest BCUT2D eigenvalue weighted by Gasteiger charge is -2.26. The molecule has 3 atom stereocenters. The van der Waals surface area contributed by atoms with Crippen molar-refractivity contribution in [3.8, 4) is 0 Å². The topological polar surface area (TPSA) is 57.1 Å². The maximum atomic E-state index is 12.5. The molecule has 0 aliphatic heterocycles. The first-order chi connectivity index (χ1) is 13.0. The highest BCUT2D eigenvalue weighted by Crippen LogP contribution is 2.18. The zero-order valence-corrected chi connectivity index (χ0v) is 17.0. The Morgan fingerprint density at radius 1 is 1.19 bits per heavy atom. The number of esters is 1. The molecular weight excluding hydrogens is 410 g/mol. The van der Waals surface area contributed by atoms with Crippen LogP contribution in [0.2, 0.25) is 0 Å². The summed E-state index contributed by atoms with van der Waals surface area (Å²) in [6.07, 6.45) is 0.137. The highest BCUT2D eigenvalue weighted by atomic mass is 79.9. The minimum atomic E-state index is -0.693. The number of carbonyl (C=O) groups is 1. The zero-order valence-electron chi connectivity index (χ0n) is 15.4. The predicted octanol–water partition coefficient (Wildman–Crippen LogP) is 4.34. The van der Waals surface area contributed by atoms with Crippen molar-refractivity contribution >= 4 is 28.1 Å². The summed E-state index contributed by atoms with van der Waals surface area (Å²) in [6.45, 7) is 6.23. The van der Waals surface area contributed by atoms with Gasteiger partial charge >= 0.3 is 5.97 Å². The third kappa shape index (κ3) is 6.81. The normalized spacial score (nSPS) is 14.5. The molecule has 0 aromatic heterocycles. The first-order valence-corrected chi connectivity index (χ1v) is 9.40. The molecule has 0 aliphatic carbocycles. The van der Waals surface area contributed by atoms with Crippen molar-refractivity contribution in [1.82, 2.24) is 0 Å². The Balaban J connectivity index is 2.13. The second-order valence-electron chi connectivity index (χ2n) is 5.95. The van der Waals surface area contributed by atoms with Crippen LogP contribution in [-0.4, -0.2) is 36.3 Å². The molecule has 2 rings (SSSR count). The largest absolute Gasteiger partial charge is 0.454 e. The van der Waals surface area contributed by atoms with Gasteiger partial charge in [-0.2, -0.15) is 0 Å². The predicted molar refractivity (Wildman–Crippen MR) is 109 cm³/mol. The molecule has 0 fully saturated rings. The fourth-order valence-electron chi connectivity index (χ4n) is 2.34. The fraction of sp³-hybridized carbons (Fsp3) is 0.286. The Kier molecular flexibility index (Phi) is 8.48. The lowest BCUT2D eigenvalue weighted by molar-refractivity contribution is -0.0264. The molecule has 2 aromatic carbocycles. The second-order valence-corrected chi connectivity index (χ2v) is 7.13. The van der Waals surface area contributed by atoms with Crippen molar-refractivity contribution in [3.63, 3.8) is 0 Å². The summed E-state index contributed by atoms with van der Waals surface area (Å²) in [5.74, 6) is -0.452. The van der Waals surface area contributed by atoms with Crippen LogP contribution in [0.1, 0.15) is 21.5 Å². The Labute approximate surface area is 168 Å². The number of hydrogen-bond donors (Lipinski definition) is 0. The van der Waals surface area contributed by atoms with Gasteiger partial charge in [0, 0.05) is 0 Å². The quantitative estimate of drug-likeness (QED) is 0.256. The number of carbonyl (C=O) groups excluding carboxylic acids is 1. The maximum Gasteiger partial charge on any atom is 0.338 e. The minimum Gasteiger partial charge on any atom is -0.454 e. The van der Waals surface area contributed by atoms with Crippen molar-refractivity contribution in [2.45, 2.75) is 30.6 Å². The summed E-state index contributed by atoms with van der Waals surface area (Å²) >= 11 is 3.40. The van der Waals surface area contributed by atoms with Crippen molar-refractivity contribution in [2.75, 3.05) is 7.11 Å². The number of aryl methyl sites for hydroxylation is 1. The fourth-order valence-corrected chi connectivity index (χ4v) is 2.75. The molecular formula is C21H23BrNO4. The maximum absolute atomic E-state index is 12.5. The van der Waals surface area contributed by atoms with E-state index in [4.69, 9.17) is 14.3 Å². The molecule has 0 saturated heterocycles. The second kappa shape index (κ2) is 10.8. The third-order valence-electron chi connectivity index (χ3n) is 3.81. The van der Waals surface area contributed by atoms with E-state index in [-0.39, 0.29) is 0 Å². The number of oxime groups is 1. The molecule has 0 bridgehead atoms. The summed E-state index contributed by atoms with van der Waals surface area (Å²) < 4.78 is 11.6. The summed E-state index contributed by atoms with van der Waals surface area (Å²) in [4.78, 5) is 16.9. The van der Waals surface area contributed by atoms with Crippen molar-refractivity contribution in [1.29, 1.82) is 0 Å². The molecule has 2 aromatic rings. The molecule has 0 amide bonds. The van der Waals surface area contributed by atoms with Gasteiger partial charge in [-0.15, -0.1) is 0 Å². The van der Waals surface area contributed by atoms with E-state index in [2.05, 4.69) is 28.0 Å². The lowest BCUT2D eigenvalue weighted by atomic mass is 10.1. The highest BCUT2D eigenvalue weighted by Gasteiger charge is 2.30. The number of alkyl halides is 1. The van der Waals surface area contributed by atoms with Crippen molar-refractivity contribution < 1.29 is 19.1 Å². The van der Waals surface area contributed by atoms with Gasteiger partial charge in [0.1, 0.15) is 19.3 Å². The molecule has 143 valence electrons. The van der Waals surface area contributed by atoms with Crippen LogP contribution in [0.3, 0.4) is 0 Å². The Bertz CT molecular complexity index is 732. The van der Waals surface area contributed by atoms with Crippen LogP contribution < -0.4 is 0 Å². The first kappa shape index (κ1) is 21.1. The average Bonchev–Trinajstić information content (AvgIpc) is 2.67. The van der Waals surface area contributed by atoms with Crippen LogP contribution in [0.5, 0.6) is 0 Å². The number of nitrogens with zero attached hydrogens (tertiary/aromatic N) is 1. The van der Waals surface area contributed by atoms with Gasteiger partial charge in [0.25, 0.3) is 0 Å². The standard InChI is InChI=1S/C21H23BrNO4/c1-15-9-11-18(12-10-15)21(24)27-20(16(2)22)19(13-23-25-3)26-14-17-7-5-4-6-8-17/h4-13,16,19-20H,2,14H2,1,3H3/t16-,19-,20-/m0/s1. The lowest BCUT2D eigenvalue weighted by Crippen LogP contribution is -2.40. The van der Waals surface area contributed by atoms with E-state index in [1.165, 1.54) is 13.3 Å². The van der Waals surface area contributed by atoms with Crippen LogP contribution >= 0.6 is 15.9 Å². The van der Waals surface area contributed by atoms with E-state index in [1.807, 2.05) is 49.4 Å². The molecule has 0 heterocycles. The third-order valence-corrected chi connectivity index (χ3v) is 4.33. The van der Waals surface area contributed by atoms with E-state index in [0.29, 0.717) is 12.2 Å². The first-order valence-electron chi connectivity index (χ1n) is 8.48. The van der Waals surface area contributed by atoms with Crippen LogP contribution in [0.25, 0.3) is 0 Å². The number of ether oxygens (including phenoxy) is 2. The monoisotopic (exact) mass is 432 g/mol. The summed E-state index contributed by atoms with van der Waals surface area (Å²) in [5.41, 5.74) is 2.52. The van der Waals surface area contributed by atoms with Crippen LogP contribution in [0.4, 0.5) is 0 Å². The van der Waals surface area contributed by atoms with E-state index < -0.39 is 23.0 Å². The van der Waals surface area contributed by atoms with Gasteiger partial charge < -0.3 is 14.3 Å². The van der Waals surface area contributed by atoms with E-state index in [1.54, 1.807) is 12.1 Å². The number of hydrogen-bond acceptors (Lipinski definition) is 5. The van der Waals surface area contributed by atoms with Crippen LogP contribution in [-0.2, 0) is 20.9 Å². The van der Waals surface area contributed by atoms with Gasteiger partial charge in [-0.25, -0.2) is 4.79 Å². The Morgan fingerprint density at radius 2 is 1.85 bits per heavy atom. The number of rotatable bonds is 9. The SMILES string of the molecule is [CH2][C@H](Br)[C@H](OC(=O)c1ccc(C)cc1)[C@H](C=NOC)OCc1ccccc1. The van der Waals surface area contributed by atoms with Gasteiger partial charge in [0.05, 0.1) is 23.2 Å². The number of halogens is 1. The smallest absolute Gasteiger partial charge is 0.338 e. The van der Waals surface area contributed by atoms with Crippen LogP contribution in [0.15, 0.2) is 59.8 Å². The molecule has 27 heavy (non-hydrogen) atoms. The van der Waals surface area contributed by atoms with Gasteiger partial charge in [-0.1, -0.05) is 69.1 Å². The van der Waals surface area contributed by atoms with E-state index in [9.17, 15) is 4.79 Å². The van der Waals surface area contributed by atoms with E-state index >= 15 is 0 Å². The van der Waals surface area contributed by atoms with Gasteiger partial charge in [0.15, 0.2) is 0 Å². The van der Waals surface area contributed by atoms with Gasteiger partial charge in [-0.05, 0) is 31.5 Å². The summed E-state index contributed by atoms with van der Waals surface area (Å²) in [6, 6.07) is 16.9. The van der Waals surface area contributed by atoms with E-state index in [0.717, 1.165) is 11.1 Å².